The topological polar surface area (TPSA) is 20.2 Å². The second-order valence-corrected chi connectivity index (χ2v) is 6.54. The van der Waals surface area contributed by atoms with Crippen LogP contribution in [0.1, 0.15) is 55.2 Å². The van der Waals surface area contributed by atoms with Crippen LogP contribution in [-0.4, -0.2) is 5.11 Å². The van der Waals surface area contributed by atoms with Gasteiger partial charge in [0.15, 0.2) is 0 Å². The highest BCUT2D eigenvalue weighted by Gasteiger charge is 2.42. The first-order chi connectivity index (χ1) is 8.58. The summed E-state index contributed by atoms with van der Waals surface area (Å²) in [5.41, 5.74) is 3.15. The Morgan fingerprint density at radius 1 is 1.11 bits per heavy atom. The normalized spacial score (nSPS) is 32.5. The molecule has 0 saturated heterocycles. The molecule has 98 valence electrons. The minimum absolute atomic E-state index is 0.554. The smallest absolute Gasteiger partial charge is 0.0902 e. The van der Waals surface area contributed by atoms with Gasteiger partial charge < -0.3 is 5.11 Å². The molecule has 0 radical (unpaired) electrons. The molecule has 2 unspecified atom stereocenters. The fraction of sp³-hybridized carbons (Fsp3) is 0.647. The first kappa shape index (κ1) is 12.2. The summed E-state index contributed by atoms with van der Waals surface area (Å²) in [7, 11) is 0. The molecule has 2 aliphatic rings. The van der Waals surface area contributed by atoms with E-state index in [1.54, 1.807) is 0 Å². The number of benzene rings is 1. The highest BCUT2D eigenvalue weighted by atomic mass is 16.3. The number of rotatable bonds is 2. The molecule has 2 saturated carbocycles. The molecule has 1 aromatic rings. The van der Waals surface area contributed by atoms with E-state index in [0.717, 1.165) is 24.7 Å². The Morgan fingerprint density at radius 3 is 2.61 bits per heavy atom. The third kappa shape index (κ3) is 2.21. The lowest BCUT2D eigenvalue weighted by Gasteiger charge is -2.38. The van der Waals surface area contributed by atoms with Gasteiger partial charge in [-0.3, -0.25) is 0 Å². The highest BCUT2D eigenvalue weighted by molar-refractivity contribution is 5.35. The lowest BCUT2D eigenvalue weighted by Crippen LogP contribution is -2.34. The van der Waals surface area contributed by atoms with Crippen molar-refractivity contribution in [1.82, 2.24) is 0 Å². The van der Waals surface area contributed by atoms with Crippen molar-refractivity contribution in [3.8, 4) is 0 Å². The van der Waals surface area contributed by atoms with Crippen LogP contribution in [0, 0.1) is 25.7 Å². The van der Waals surface area contributed by atoms with Gasteiger partial charge in [-0.05, 0) is 75.3 Å². The van der Waals surface area contributed by atoms with E-state index in [2.05, 4.69) is 32.0 Å². The van der Waals surface area contributed by atoms with Crippen LogP contribution in [-0.2, 0) is 5.60 Å². The van der Waals surface area contributed by atoms with Gasteiger partial charge in [-0.25, -0.2) is 0 Å². The van der Waals surface area contributed by atoms with Crippen molar-refractivity contribution >= 4 is 0 Å². The van der Waals surface area contributed by atoms with Gasteiger partial charge in [0.05, 0.1) is 5.60 Å². The fourth-order valence-electron chi connectivity index (χ4n) is 3.75. The summed E-state index contributed by atoms with van der Waals surface area (Å²) in [5.74, 6) is 1.69. The van der Waals surface area contributed by atoms with Gasteiger partial charge >= 0.3 is 0 Å². The van der Waals surface area contributed by atoms with Crippen LogP contribution in [0.15, 0.2) is 18.2 Å². The molecular weight excluding hydrogens is 220 g/mol. The molecule has 1 heteroatoms. The average Bonchev–Trinajstić information content (AvgIpc) is 3.16. The Hall–Kier alpha value is -0.820. The predicted octanol–water partition coefficient (Wildman–Crippen LogP) is 4.09. The van der Waals surface area contributed by atoms with Crippen molar-refractivity contribution < 1.29 is 5.11 Å². The molecule has 0 spiro atoms. The van der Waals surface area contributed by atoms with Crippen molar-refractivity contribution in [2.24, 2.45) is 11.8 Å². The summed E-state index contributed by atoms with van der Waals surface area (Å²) in [6, 6.07) is 6.50. The van der Waals surface area contributed by atoms with E-state index >= 15 is 0 Å². The van der Waals surface area contributed by atoms with Gasteiger partial charge in [0.1, 0.15) is 0 Å². The van der Waals surface area contributed by atoms with Crippen LogP contribution in [0.3, 0.4) is 0 Å². The summed E-state index contributed by atoms with van der Waals surface area (Å²) in [4.78, 5) is 0. The molecule has 1 N–H and O–H groups in total. The maximum Gasteiger partial charge on any atom is 0.0902 e. The number of hydrogen-bond donors (Lipinski definition) is 1. The molecule has 0 aromatic heterocycles. The summed E-state index contributed by atoms with van der Waals surface area (Å²) >= 11 is 0. The van der Waals surface area contributed by atoms with Crippen LogP contribution in [0.25, 0.3) is 0 Å². The van der Waals surface area contributed by atoms with Crippen LogP contribution in [0.2, 0.25) is 0 Å². The molecule has 3 rings (SSSR count). The van der Waals surface area contributed by atoms with E-state index in [1.165, 1.54) is 42.4 Å². The third-order valence-electron chi connectivity index (χ3n) is 4.95. The van der Waals surface area contributed by atoms with Gasteiger partial charge in [-0.15, -0.1) is 0 Å². The average molecular weight is 244 g/mol. The quantitative estimate of drug-likeness (QED) is 0.830. The Kier molecular flexibility index (Phi) is 2.97. The van der Waals surface area contributed by atoms with E-state index in [0.29, 0.717) is 0 Å². The molecular formula is C17H24O. The minimum Gasteiger partial charge on any atom is -0.385 e. The Balaban J connectivity index is 1.90. The molecule has 0 amide bonds. The monoisotopic (exact) mass is 244 g/mol. The summed E-state index contributed by atoms with van der Waals surface area (Å²) < 4.78 is 0. The second-order valence-electron chi connectivity index (χ2n) is 6.54. The molecule has 0 bridgehead atoms. The van der Waals surface area contributed by atoms with E-state index in [1.807, 2.05) is 0 Å². The van der Waals surface area contributed by atoms with Gasteiger partial charge in [0.25, 0.3) is 0 Å². The van der Waals surface area contributed by atoms with Gasteiger partial charge in [-0.2, -0.15) is 0 Å². The van der Waals surface area contributed by atoms with Gasteiger partial charge in [-0.1, -0.05) is 23.8 Å². The molecule has 0 heterocycles. The molecule has 2 aliphatic carbocycles. The van der Waals surface area contributed by atoms with Gasteiger partial charge in [0.2, 0.25) is 0 Å². The molecule has 2 atom stereocenters. The third-order valence-corrected chi connectivity index (χ3v) is 4.95. The second kappa shape index (κ2) is 4.38. The zero-order valence-corrected chi connectivity index (χ0v) is 11.6. The van der Waals surface area contributed by atoms with E-state index in [9.17, 15) is 5.11 Å². The number of aryl methyl sites for hydroxylation is 2. The van der Waals surface area contributed by atoms with Crippen molar-refractivity contribution in [2.75, 3.05) is 0 Å². The zero-order chi connectivity index (χ0) is 12.8. The zero-order valence-electron chi connectivity index (χ0n) is 11.6. The summed E-state index contributed by atoms with van der Waals surface area (Å²) in [5, 5.41) is 11.1. The number of aliphatic hydroxyl groups is 1. The summed E-state index contributed by atoms with van der Waals surface area (Å²) in [6.45, 7) is 4.25. The Bertz CT molecular complexity index is 447. The Labute approximate surface area is 110 Å². The van der Waals surface area contributed by atoms with E-state index < -0.39 is 5.60 Å². The van der Waals surface area contributed by atoms with Crippen molar-refractivity contribution in [3.05, 3.63) is 34.9 Å². The first-order valence-corrected chi connectivity index (χ1v) is 7.39. The molecule has 18 heavy (non-hydrogen) atoms. The maximum atomic E-state index is 11.1. The van der Waals surface area contributed by atoms with Crippen molar-refractivity contribution in [3.63, 3.8) is 0 Å². The van der Waals surface area contributed by atoms with E-state index in [-0.39, 0.29) is 0 Å². The Morgan fingerprint density at radius 2 is 1.89 bits per heavy atom. The summed E-state index contributed by atoms with van der Waals surface area (Å²) in [6.07, 6.45) is 7.24. The minimum atomic E-state index is -0.554. The SMILES string of the molecule is Cc1ccc(C)c(C2(O)CCCC(C3CC3)C2)c1. The van der Waals surface area contributed by atoms with Crippen LogP contribution in [0.5, 0.6) is 0 Å². The number of hydrogen-bond acceptors (Lipinski definition) is 1. The maximum absolute atomic E-state index is 11.1. The first-order valence-electron chi connectivity index (χ1n) is 7.39. The molecule has 2 fully saturated rings. The molecule has 1 aromatic carbocycles. The molecule has 0 aliphatic heterocycles. The lowest BCUT2D eigenvalue weighted by atomic mass is 9.71. The van der Waals surface area contributed by atoms with Crippen LogP contribution < -0.4 is 0 Å². The standard InChI is InChI=1S/C17H24O/c1-12-5-6-13(2)16(10-12)17(18)9-3-4-15(11-17)14-7-8-14/h5-6,10,14-15,18H,3-4,7-9,11H2,1-2H3. The van der Waals surface area contributed by atoms with Gasteiger partial charge in [0, 0.05) is 0 Å². The van der Waals surface area contributed by atoms with Crippen LogP contribution >= 0.6 is 0 Å². The largest absolute Gasteiger partial charge is 0.385 e. The highest BCUT2D eigenvalue weighted by Crippen LogP contribution is 2.49. The lowest BCUT2D eigenvalue weighted by molar-refractivity contribution is -0.0256. The molecule has 1 nitrogen and oxygen atoms in total. The predicted molar refractivity (Wildman–Crippen MR) is 74.5 cm³/mol. The van der Waals surface area contributed by atoms with Crippen LogP contribution in [0.4, 0.5) is 0 Å². The van der Waals surface area contributed by atoms with Crippen molar-refractivity contribution in [1.29, 1.82) is 0 Å². The van der Waals surface area contributed by atoms with Crippen molar-refractivity contribution in [2.45, 2.75) is 58.0 Å². The fourth-order valence-corrected chi connectivity index (χ4v) is 3.75. The van der Waals surface area contributed by atoms with E-state index in [4.69, 9.17) is 0 Å².